The van der Waals surface area contributed by atoms with Gasteiger partial charge >= 0.3 is 0 Å². The fourth-order valence-corrected chi connectivity index (χ4v) is 3.46. The molecule has 0 spiro atoms. The Morgan fingerprint density at radius 1 is 0.929 bits per heavy atom. The zero-order valence-electron chi connectivity index (χ0n) is 14.9. The van der Waals surface area contributed by atoms with E-state index < -0.39 is 11.6 Å². The Balaban J connectivity index is 2.01. The number of nitriles is 1. The fraction of sp³-hybridized carbons (Fsp3) is 0.0909. The monoisotopic (exact) mass is 367 g/mol. The topological polar surface area (TPSA) is 87.6 Å². The molecule has 136 valence electrons. The molecular weight excluding hydrogens is 350 g/mol. The Bertz CT molecular complexity index is 1050. The Labute approximate surface area is 162 Å². The Morgan fingerprint density at radius 2 is 1.64 bits per heavy atom. The van der Waals surface area contributed by atoms with E-state index in [4.69, 9.17) is 0 Å². The molecule has 0 saturated heterocycles. The van der Waals surface area contributed by atoms with Crippen molar-refractivity contribution in [2.45, 2.75) is 11.6 Å². The van der Waals surface area contributed by atoms with Crippen LogP contribution >= 0.6 is 0 Å². The maximum atomic E-state index is 12.2. The van der Waals surface area contributed by atoms with E-state index in [1.165, 1.54) is 0 Å². The zero-order chi connectivity index (χ0) is 19.4. The van der Waals surface area contributed by atoms with Crippen LogP contribution in [0.15, 0.2) is 91.8 Å². The molecule has 0 fully saturated rings. The SMILES string of the molecule is N#Cc1cccc(C(n2cccn2)C(O)(c2cccnc2)c2cccnc2)c1. The van der Waals surface area contributed by atoms with Crippen LogP contribution < -0.4 is 0 Å². The largest absolute Gasteiger partial charge is 0.378 e. The molecule has 0 amide bonds. The van der Waals surface area contributed by atoms with Gasteiger partial charge in [0.05, 0.1) is 11.6 Å². The number of hydrogen-bond acceptors (Lipinski definition) is 5. The molecule has 0 aliphatic heterocycles. The molecule has 0 aliphatic carbocycles. The van der Waals surface area contributed by atoms with Crippen LogP contribution in [0.4, 0.5) is 0 Å². The number of pyridine rings is 2. The highest BCUT2D eigenvalue weighted by Crippen LogP contribution is 2.42. The van der Waals surface area contributed by atoms with Crippen molar-refractivity contribution in [1.29, 1.82) is 5.26 Å². The fourth-order valence-electron chi connectivity index (χ4n) is 3.46. The van der Waals surface area contributed by atoms with Crippen LogP contribution in [0.2, 0.25) is 0 Å². The quantitative estimate of drug-likeness (QED) is 0.586. The highest BCUT2D eigenvalue weighted by Gasteiger charge is 2.43. The van der Waals surface area contributed by atoms with Gasteiger partial charge in [-0.05, 0) is 35.9 Å². The van der Waals surface area contributed by atoms with Gasteiger partial charge in [0.15, 0.2) is 0 Å². The van der Waals surface area contributed by atoms with E-state index >= 15 is 0 Å². The van der Waals surface area contributed by atoms with Crippen LogP contribution in [0.25, 0.3) is 0 Å². The third kappa shape index (κ3) is 3.04. The molecule has 0 radical (unpaired) electrons. The van der Waals surface area contributed by atoms with Crippen molar-refractivity contribution in [2.24, 2.45) is 0 Å². The minimum Gasteiger partial charge on any atom is -0.378 e. The standard InChI is InChI=1S/C22H17N5O/c23-14-17-5-1-6-18(13-17)21(27-12-4-11-26-27)22(28,19-7-2-9-24-15-19)20-8-3-10-25-16-20/h1-13,15-16,21,28H. The van der Waals surface area contributed by atoms with Crippen LogP contribution in [-0.2, 0) is 5.60 Å². The average molecular weight is 367 g/mol. The zero-order valence-corrected chi connectivity index (χ0v) is 14.9. The first-order valence-corrected chi connectivity index (χ1v) is 8.76. The molecule has 0 aliphatic rings. The van der Waals surface area contributed by atoms with E-state index in [0.29, 0.717) is 16.7 Å². The molecule has 1 N–H and O–H groups in total. The molecule has 0 saturated carbocycles. The van der Waals surface area contributed by atoms with Crippen molar-refractivity contribution >= 4 is 0 Å². The molecule has 6 heteroatoms. The smallest absolute Gasteiger partial charge is 0.144 e. The third-order valence-corrected chi connectivity index (χ3v) is 4.72. The van der Waals surface area contributed by atoms with Gasteiger partial charge < -0.3 is 5.11 Å². The maximum absolute atomic E-state index is 12.2. The summed E-state index contributed by atoms with van der Waals surface area (Å²) < 4.78 is 1.69. The lowest BCUT2D eigenvalue weighted by Gasteiger charge is -2.37. The molecular formula is C22H17N5O. The van der Waals surface area contributed by atoms with Crippen molar-refractivity contribution in [2.75, 3.05) is 0 Å². The summed E-state index contributed by atoms with van der Waals surface area (Å²) in [7, 11) is 0. The van der Waals surface area contributed by atoms with Crippen molar-refractivity contribution in [3.8, 4) is 6.07 Å². The summed E-state index contributed by atoms with van der Waals surface area (Å²) in [6.45, 7) is 0. The third-order valence-electron chi connectivity index (χ3n) is 4.72. The lowest BCUT2D eigenvalue weighted by molar-refractivity contribution is 0.0330. The first kappa shape index (κ1) is 17.6. The second-order valence-corrected chi connectivity index (χ2v) is 6.38. The van der Waals surface area contributed by atoms with Gasteiger partial charge in [-0.1, -0.05) is 24.3 Å². The molecule has 28 heavy (non-hydrogen) atoms. The predicted molar refractivity (Wildman–Crippen MR) is 103 cm³/mol. The summed E-state index contributed by atoms with van der Waals surface area (Å²) in [6, 6.07) is 17.7. The molecule has 3 aromatic heterocycles. The lowest BCUT2D eigenvalue weighted by Crippen LogP contribution is -2.39. The van der Waals surface area contributed by atoms with Crippen LogP contribution in [0.5, 0.6) is 0 Å². The summed E-state index contributed by atoms with van der Waals surface area (Å²) in [5, 5.41) is 25.9. The van der Waals surface area contributed by atoms with Gasteiger partial charge in [-0.3, -0.25) is 14.6 Å². The van der Waals surface area contributed by atoms with Crippen LogP contribution in [0, 0.1) is 11.3 Å². The van der Waals surface area contributed by atoms with Gasteiger partial charge in [-0.25, -0.2) is 0 Å². The number of hydrogen-bond donors (Lipinski definition) is 1. The van der Waals surface area contributed by atoms with Gasteiger partial charge in [0, 0.05) is 48.3 Å². The number of aliphatic hydroxyl groups is 1. The Morgan fingerprint density at radius 3 is 2.18 bits per heavy atom. The molecule has 1 unspecified atom stereocenters. The van der Waals surface area contributed by atoms with E-state index in [1.807, 2.05) is 18.2 Å². The molecule has 3 heterocycles. The lowest BCUT2D eigenvalue weighted by atomic mass is 9.78. The normalized spacial score (nSPS) is 12.3. The summed E-state index contributed by atoms with van der Waals surface area (Å²) in [5.41, 5.74) is 0.951. The number of benzene rings is 1. The number of rotatable bonds is 5. The van der Waals surface area contributed by atoms with Crippen LogP contribution in [0.1, 0.15) is 28.3 Å². The molecule has 1 atom stereocenters. The van der Waals surface area contributed by atoms with Crippen molar-refractivity contribution in [1.82, 2.24) is 19.7 Å². The highest BCUT2D eigenvalue weighted by molar-refractivity contribution is 5.42. The summed E-state index contributed by atoms with van der Waals surface area (Å²) >= 11 is 0. The molecule has 0 bridgehead atoms. The molecule has 6 nitrogen and oxygen atoms in total. The van der Waals surface area contributed by atoms with Crippen molar-refractivity contribution in [3.05, 3.63) is 114 Å². The molecule has 1 aromatic carbocycles. The highest BCUT2D eigenvalue weighted by atomic mass is 16.3. The summed E-state index contributed by atoms with van der Waals surface area (Å²) in [6.07, 6.45) is 10.0. The molecule has 4 rings (SSSR count). The van der Waals surface area contributed by atoms with Gasteiger partial charge in [0.1, 0.15) is 11.6 Å². The van der Waals surface area contributed by atoms with Crippen LogP contribution in [-0.4, -0.2) is 24.9 Å². The number of nitrogens with zero attached hydrogens (tertiary/aromatic N) is 5. The number of aromatic nitrogens is 4. The second kappa shape index (κ2) is 7.43. The van der Waals surface area contributed by atoms with E-state index in [0.717, 1.165) is 5.56 Å². The van der Waals surface area contributed by atoms with E-state index in [-0.39, 0.29) is 0 Å². The summed E-state index contributed by atoms with van der Waals surface area (Å²) in [5.74, 6) is 0. The molecule has 4 aromatic rings. The van der Waals surface area contributed by atoms with E-state index in [2.05, 4.69) is 21.1 Å². The van der Waals surface area contributed by atoms with Crippen molar-refractivity contribution < 1.29 is 5.11 Å². The minimum absolute atomic E-state index is 0.509. The second-order valence-electron chi connectivity index (χ2n) is 6.38. The first-order chi connectivity index (χ1) is 13.7. The first-order valence-electron chi connectivity index (χ1n) is 8.76. The summed E-state index contributed by atoms with van der Waals surface area (Å²) in [4.78, 5) is 8.41. The predicted octanol–water partition coefficient (Wildman–Crippen LogP) is 3.07. The maximum Gasteiger partial charge on any atom is 0.144 e. The van der Waals surface area contributed by atoms with E-state index in [9.17, 15) is 10.4 Å². The van der Waals surface area contributed by atoms with Crippen molar-refractivity contribution in [3.63, 3.8) is 0 Å². The van der Waals surface area contributed by atoms with Gasteiger partial charge in [-0.15, -0.1) is 0 Å². The Hall–Kier alpha value is -3.82. The van der Waals surface area contributed by atoms with E-state index in [1.54, 1.807) is 78.3 Å². The van der Waals surface area contributed by atoms with Gasteiger partial charge in [0.25, 0.3) is 0 Å². The average Bonchev–Trinajstić information content (AvgIpc) is 3.29. The van der Waals surface area contributed by atoms with Gasteiger partial charge in [0.2, 0.25) is 0 Å². The minimum atomic E-state index is -1.51. The van der Waals surface area contributed by atoms with Gasteiger partial charge in [-0.2, -0.15) is 10.4 Å². The van der Waals surface area contributed by atoms with Crippen LogP contribution in [0.3, 0.4) is 0 Å². The Kier molecular flexibility index (Phi) is 4.67.